The van der Waals surface area contributed by atoms with E-state index in [0.29, 0.717) is 10.0 Å². The molecule has 0 fully saturated rings. The van der Waals surface area contributed by atoms with Gasteiger partial charge in [-0.15, -0.1) is 0 Å². The van der Waals surface area contributed by atoms with Gasteiger partial charge in [-0.05, 0) is 29.8 Å². The predicted octanol–water partition coefficient (Wildman–Crippen LogP) is 2.95. The lowest BCUT2D eigenvalue weighted by Crippen LogP contribution is -2.33. The topological polar surface area (TPSA) is 42.3 Å². The molecule has 1 amide bonds. The van der Waals surface area contributed by atoms with Crippen LogP contribution in [0.3, 0.4) is 0 Å². The fourth-order valence-corrected chi connectivity index (χ4v) is 2.53. The molecule has 0 N–H and O–H groups in total. The van der Waals surface area contributed by atoms with Crippen LogP contribution in [0.2, 0.25) is 10.0 Å². The van der Waals surface area contributed by atoms with Crippen LogP contribution in [0.5, 0.6) is 0 Å². The summed E-state index contributed by atoms with van der Waals surface area (Å²) >= 11 is 11.8. The zero-order valence-corrected chi connectivity index (χ0v) is 13.2. The summed E-state index contributed by atoms with van der Waals surface area (Å²) in [6.07, 6.45) is 1.00. The molecule has 0 saturated heterocycles. The molecule has 1 aromatic carbocycles. The Kier molecular flexibility index (Phi) is 5.21. The third-order valence-electron chi connectivity index (χ3n) is 3.02. The number of amides is 1. The van der Waals surface area contributed by atoms with Gasteiger partial charge in [0.1, 0.15) is 12.4 Å². The number of aromatic nitrogens is 1. The fraction of sp³-hybridized carbons (Fsp3) is 0.200. The highest BCUT2D eigenvalue weighted by molar-refractivity contribution is 6.34. The largest absolute Gasteiger partial charge is 0.340 e. The van der Waals surface area contributed by atoms with Crippen LogP contribution in [0.15, 0.2) is 41.3 Å². The summed E-state index contributed by atoms with van der Waals surface area (Å²) in [4.78, 5) is 25.1. The zero-order chi connectivity index (χ0) is 16.3. The molecule has 0 unspecified atom stereocenters. The smallest absolute Gasteiger partial charge is 0.251 e. The second kappa shape index (κ2) is 6.94. The molecule has 0 atom stereocenters. The van der Waals surface area contributed by atoms with Crippen LogP contribution >= 0.6 is 23.2 Å². The summed E-state index contributed by atoms with van der Waals surface area (Å²) in [7, 11) is 1.58. The lowest BCUT2D eigenvalue weighted by Gasteiger charge is -2.18. The molecule has 1 aromatic heterocycles. The molecule has 0 aliphatic rings. The summed E-state index contributed by atoms with van der Waals surface area (Å²) in [6, 6.07) is 7.14. The van der Waals surface area contributed by atoms with Gasteiger partial charge in [0.2, 0.25) is 5.91 Å². The maximum Gasteiger partial charge on any atom is 0.251 e. The van der Waals surface area contributed by atoms with Crippen molar-refractivity contribution >= 4 is 29.1 Å². The van der Waals surface area contributed by atoms with Crippen molar-refractivity contribution in [1.29, 1.82) is 0 Å². The third-order valence-corrected chi connectivity index (χ3v) is 3.46. The minimum Gasteiger partial charge on any atom is -0.340 e. The summed E-state index contributed by atoms with van der Waals surface area (Å²) < 4.78 is 14.1. The van der Waals surface area contributed by atoms with Gasteiger partial charge < -0.3 is 9.47 Å². The minimum absolute atomic E-state index is 0.235. The normalized spacial score (nSPS) is 10.5. The molecule has 2 aromatic rings. The van der Waals surface area contributed by atoms with E-state index in [-0.39, 0.29) is 19.0 Å². The van der Waals surface area contributed by atoms with Crippen molar-refractivity contribution in [2.45, 2.75) is 13.1 Å². The Labute approximate surface area is 136 Å². The molecule has 0 radical (unpaired) electrons. The Morgan fingerprint density at radius 3 is 2.50 bits per heavy atom. The summed E-state index contributed by atoms with van der Waals surface area (Å²) in [5.41, 5.74) is 0.328. The van der Waals surface area contributed by atoms with E-state index >= 15 is 0 Å². The second-order valence-corrected chi connectivity index (χ2v) is 5.71. The minimum atomic E-state index is -0.573. The van der Waals surface area contributed by atoms with Gasteiger partial charge in [0.15, 0.2) is 0 Å². The van der Waals surface area contributed by atoms with E-state index in [4.69, 9.17) is 23.2 Å². The van der Waals surface area contributed by atoms with Gasteiger partial charge in [0.05, 0.1) is 0 Å². The first-order valence-corrected chi connectivity index (χ1v) is 7.15. The molecule has 7 heteroatoms. The van der Waals surface area contributed by atoms with Gasteiger partial charge in [-0.25, -0.2) is 4.39 Å². The standard InChI is InChI=1S/C15H13Cl2FN2O2/c1-19(7-10-4-11(16)6-12(17)5-10)15(22)9-20-8-13(18)2-3-14(20)21/h2-6,8H,7,9H2,1H3. The van der Waals surface area contributed by atoms with Crippen molar-refractivity contribution in [2.24, 2.45) is 0 Å². The molecule has 0 spiro atoms. The second-order valence-electron chi connectivity index (χ2n) is 4.84. The molecule has 4 nitrogen and oxygen atoms in total. The quantitative estimate of drug-likeness (QED) is 0.857. The number of halogens is 3. The van der Waals surface area contributed by atoms with Gasteiger partial charge in [-0.2, -0.15) is 0 Å². The predicted molar refractivity (Wildman–Crippen MR) is 83.6 cm³/mol. The summed E-state index contributed by atoms with van der Waals surface area (Å²) in [6.45, 7) is 0.0462. The van der Waals surface area contributed by atoms with E-state index in [0.717, 1.165) is 28.5 Å². The van der Waals surface area contributed by atoms with Crippen molar-refractivity contribution in [3.63, 3.8) is 0 Å². The molecule has 0 saturated carbocycles. The Morgan fingerprint density at radius 2 is 1.86 bits per heavy atom. The Bertz CT molecular complexity index is 741. The van der Waals surface area contributed by atoms with Gasteiger partial charge in [-0.1, -0.05) is 23.2 Å². The number of benzene rings is 1. The third kappa shape index (κ3) is 4.32. The van der Waals surface area contributed by atoms with Crippen LogP contribution in [0.4, 0.5) is 4.39 Å². The van der Waals surface area contributed by atoms with E-state index in [2.05, 4.69) is 0 Å². The van der Waals surface area contributed by atoms with Gasteiger partial charge in [-0.3, -0.25) is 9.59 Å². The Hall–Kier alpha value is -1.85. The summed E-state index contributed by atoms with van der Waals surface area (Å²) in [5.74, 6) is -0.902. The van der Waals surface area contributed by atoms with Crippen molar-refractivity contribution in [1.82, 2.24) is 9.47 Å². The van der Waals surface area contributed by atoms with Crippen LogP contribution in [-0.2, 0) is 17.9 Å². The number of hydrogen-bond donors (Lipinski definition) is 0. The van der Waals surface area contributed by atoms with E-state index < -0.39 is 11.4 Å². The van der Waals surface area contributed by atoms with Gasteiger partial charge in [0, 0.05) is 35.9 Å². The molecule has 2 rings (SSSR count). The molecular formula is C15H13Cl2FN2O2. The first-order chi connectivity index (χ1) is 10.3. The van der Waals surface area contributed by atoms with Crippen LogP contribution in [0.1, 0.15) is 5.56 Å². The van der Waals surface area contributed by atoms with E-state index in [1.807, 2.05) is 0 Å². The number of nitrogens with zero attached hydrogens (tertiary/aromatic N) is 2. The van der Waals surface area contributed by atoms with Crippen molar-refractivity contribution in [3.05, 3.63) is 68.3 Å². The highest BCUT2D eigenvalue weighted by atomic mass is 35.5. The molecule has 0 aliphatic heterocycles. The van der Waals surface area contributed by atoms with E-state index in [1.54, 1.807) is 25.2 Å². The Balaban J connectivity index is 2.09. The molecule has 22 heavy (non-hydrogen) atoms. The number of likely N-dealkylation sites (N-methyl/N-ethyl adjacent to an activating group) is 1. The highest BCUT2D eigenvalue weighted by Crippen LogP contribution is 2.19. The van der Waals surface area contributed by atoms with E-state index in [9.17, 15) is 14.0 Å². The first kappa shape index (κ1) is 16.5. The average molecular weight is 343 g/mol. The van der Waals surface area contributed by atoms with Crippen molar-refractivity contribution < 1.29 is 9.18 Å². The van der Waals surface area contributed by atoms with Crippen LogP contribution < -0.4 is 5.56 Å². The zero-order valence-electron chi connectivity index (χ0n) is 11.7. The van der Waals surface area contributed by atoms with Crippen LogP contribution in [-0.4, -0.2) is 22.4 Å². The number of carbonyl (C=O) groups excluding carboxylic acids is 1. The number of rotatable bonds is 4. The summed E-state index contributed by atoms with van der Waals surface area (Å²) in [5, 5.41) is 0.953. The lowest BCUT2D eigenvalue weighted by atomic mass is 10.2. The molecule has 1 heterocycles. The average Bonchev–Trinajstić information content (AvgIpc) is 2.41. The molecule has 0 aliphatic carbocycles. The van der Waals surface area contributed by atoms with Crippen molar-refractivity contribution in [2.75, 3.05) is 7.05 Å². The monoisotopic (exact) mass is 342 g/mol. The van der Waals surface area contributed by atoms with Gasteiger partial charge >= 0.3 is 0 Å². The first-order valence-electron chi connectivity index (χ1n) is 6.40. The lowest BCUT2D eigenvalue weighted by molar-refractivity contribution is -0.131. The maximum absolute atomic E-state index is 13.1. The number of hydrogen-bond acceptors (Lipinski definition) is 2. The van der Waals surface area contributed by atoms with Crippen LogP contribution in [0.25, 0.3) is 0 Å². The molecule has 0 bridgehead atoms. The molecule has 116 valence electrons. The van der Waals surface area contributed by atoms with E-state index in [1.165, 1.54) is 4.90 Å². The maximum atomic E-state index is 13.1. The molecular weight excluding hydrogens is 330 g/mol. The van der Waals surface area contributed by atoms with Crippen molar-refractivity contribution in [3.8, 4) is 0 Å². The number of carbonyl (C=O) groups is 1. The highest BCUT2D eigenvalue weighted by Gasteiger charge is 2.12. The number of pyridine rings is 1. The SMILES string of the molecule is CN(Cc1cc(Cl)cc(Cl)c1)C(=O)Cn1cc(F)ccc1=O. The van der Waals surface area contributed by atoms with Gasteiger partial charge in [0.25, 0.3) is 5.56 Å². The fourth-order valence-electron chi connectivity index (χ4n) is 1.96. The Morgan fingerprint density at radius 1 is 1.23 bits per heavy atom. The van der Waals surface area contributed by atoms with Crippen LogP contribution in [0, 0.1) is 5.82 Å².